The zero-order valence-corrected chi connectivity index (χ0v) is 24.2. The van der Waals surface area contributed by atoms with E-state index in [2.05, 4.69) is 10.2 Å². The van der Waals surface area contributed by atoms with Gasteiger partial charge in [0, 0.05) is 31.5 Å². The zero-order valence-electron chi connectivity index (χ0n) is 24.2. The second-order valence-electron chi connectivity index (χ2n) is 11.9. The molecule has 1 N–H and O–H groups in total. The highest BCUT2D eigenvalue weighted by molar-refractivity contribution is 5.85. The van der Waals surface area contributed by atoms with Crippen molar-refractivity contribution >= 4 is 5.91 Å². The molecular formula is C31H37F5N2O5. The van der Waals surface area contributed by atoms with E-state index in [-0.39, 0.29) is 30.6 Å². The monoisotopic (exact) mass is 612 g/mol. The molecule has 236 valence electrons. The van der Waals surface area contributed by atoms with Crippen molar-refractivity contribution in [1.29, 1.82) is 0 Å². The topological polar surface area (TPSA) is 69.3 Å². The number of nitrogens with zero attached hydrogens (tertiary/aromatic N) is 1. The van der Waals surface area contributed by atoms with E-state index >= 15 is 0 Å². The van der Waals surface area contributed by atoms with E-state index in [0.29, 0.717) is 13.1 Å². The third-order valence-corrected chi connectivity index (χ3v) is 8.25. The molecule has 0 aromatic heterocycles. The van der Waals surface area contributed by atoms with Crippen LogP contribution in [0.3, 0.4) is 0 Å². The summed E-state index contributed by atoms with van der Waals surface area (Å²) in [6.07, 6.45) is -4.63. The number of halogens is 5. The SMILES string of the molecule is CC1(C)O[C@H]2[C@H](OCc3c(F)cccc3F)C[C@](OCc3cccc(C(F)(F)F)c3)(C(=O)NCCN3CCCC3)C[C@H]2O1. The van der Waals surface area contributed by atoms with E-state index in [1.54, 1.807) is 13.8 Å². The molecule has 2 aromatic rings. The zero-order chi connectivity index (χ0) is 30.8. The van der Waals surface area contributed by atoms with Gasteiger partial charge >= 0.3 is 6.18 Å². The molecular weight excluding hydrogens is 575 g/mol. The molecule has 2 heterocycles. The van der Waals surface area contributed by atoms with Crippen molar-refractivity contribution in [1.82, 2.24) is 10.2 Å². The number of hydrogen-bond acceptors (Lipinski definition) is 6. The van der Waals surface area contributed by atoms with Crippen molar-refractivity contribution in [3.8, 4) is 0 Å². The van der Waals surface area contributed by atoms with Gasteiger partial charge in [-0.3, -0.25) is 4.79 Å². The molecule has 2 aromatic carbocycles. The van der Waals surface area contributed by atoms with Crippen molar-refractivity contribution in [2.45, 2.75) is 88.6 Å². The molecule has 3 fully saturated rings. The predicted octanol–water partition coefficient (Wildman–Crippen LogP) is 5.35. The van der Waals surface area contributed by atoms with Gasteiger partial charge in [0.25, 0.3) is 5.91 Å². The Morgan fingerprint density at radius 2 is 1.72 bits per heavy atom. The Bertz CT molecular complexity index is 1270. The van der Waals surface area contributed by atoms with E-state index in [9.17, 15) is 26.7 Å². The summed E-state index contributed by atoms with van der Waals surface area (Å²) >= 11 is 0. The second-order valence-corrected chi connectivity index (χ2v) is 11.9. The van der Waals surface area contributed by atoms with Crippen LogP contribution in [0.1, 0.15) is 56.2 Å². The molecule has 1 aliphatic carbocycles. The maximum absolute atomic E-state index is 14.4. The summed E-state index contributed by atoms with van der Waals surface area (Å²) in [6, 6.07) is 8.23. The number of ether oxygens (including phenoxy) is 4. The molecule has 7 nitrogen and oxygen atoms in total. The molecule has 0 unspecified atom stereocenters. The number of alkyl halides is 3. The fourth-order valence-corrected chi connectivity index (χ4v) is 6.12. The van der Waals surface area contributed by atoms with Gasteiger partial charge in [-0.2, -0.15) is 13.2 Å². The summed E-state index contributed by atoms with van der Waals surface area (Å²) in [6.45, 7) is 5.56. The first-order valence-corrected chi connectivity index (χ1v) is 14.6. The van der Waals surface area contributed by atoms with Crippen molar-refractivity contribution < 1.29 is 45.7 Å². The van der Waals surface area contributed by atoms with Crippen molar-refractivity contribution in [2.75, 3.05) is 26.2 Å². The Morgan fingerprint density at radius 3 is 2.42 bits per heavy atom. The van der Waals surface area contributed by atoms with Crippen LogP contribution in [0.2, 0.25) is 0 Å². The van der Waals surface area contributed by atoms with E-state index in [1.807, 2.05) is 0 Å². The standard InChI is InChI=1S/C31H37F5N2O5/c1-29(2)42-26-17-30(28(39)37-11-14-38-12-3-4-13-38,41-18-20-7-5-8-21(15-20)31(34,35)36)16-25(27(26)43-29)40-19-22-23(32)9-6-10-24(22)33/h5-10,15,25-27H,3-4,11-14,16-19H2,1-2H3,(H,37,39)/t25-,26-,27+,30-/m1/s1. The molecule has 5 rings (SSSR count). The van der Waals surface area contributed by atoms with Crippen LogP contribution in [-0.4, -0.2) is 66.7 Å². The average Bonchev–Trinajstić information content (AvgIpc) is 3.57. The molecule has 2 saturated heterocycles. The molecule has 4 atom stereocenters. The van der Waals surface area contributed by atoms with E-state index in [1.165, 1.54) is 18.2 Å². The lowest BCUT2D eigenvalue weighted by molar-refractivity contribution is -0.183. The number of fused-ring (bicyclic) bond motifs is 1. The van der Waals surface area contributed by atoms with Gasteiger partial charge < -0.3 is 29.2 Å². The third kappa shape index (κ3) is 7.54. The van der Waals surface area contributed by atoms with Crippen molar-refractivity contribution in [2.24, 2.45) is 0 Å². The summed E-state index contributed by atoms with van der Waals surface area (Å²) in [4.78, 5) is 16.1. The lowest BCUT2D eigenvalue weighted by atomic mass is 9.78. The Morgan fingerprint density at radius 1 is 1.02 bits per heavy atom. The number of benzene rings is 2. The number of nitrogens with one attached hydrogen (secondary N) is 1. The summed E-state index contributed by atoms with van der Waals surface area (Å²) in [5.74, 6) is -3.05. The van der Waals surface area contributed by atoms with E-state index in [4.69, 9.17) is 18.9 Å². The van der Waals surface area contributed by atoms with Crippen molar-refractivity contribution in [3.05, 3.63) is 70.8 Å². The van der Waals surface area contributed by atoms with Crippen LogP contribution in [0.25, 0.3) is 0 Å². The summed E-state index contributed by atoms with van der Waals surface area (Å²) < 4.78 is 93.5. The molecule has 3 aliphatic rings. The minimum atomic E-state index is -4.54. The number of amides is 1. The molecule has 43 heavy (non-hydrogen) atoms. The van der Waals surface area contributed by atoms with Crippen LogP contribution < -0.4 is 5.32 Å². The van der Waals surface area contributed by atoms with Crippen LogP contribution in [0, 0.1) is 11.6 Å². The van der Waals surface area contributed by atoms with Gasteiger partial charge in [0.2, 0.25) is 0 Å². The first-order valence-electron chi connectivity index (χ1n) is 14.6. The maximum Gasteiger partial charge on any atom is 0.416 e. The quantitative estimate of drug-likeness (QED) is 0.365. The first kappa shape index (κ1) is 31.8. The Labute approximate surface area is 247 Å². The Hall–Kier alpha value is -2.64. The van der Waals surface area contributed by atoms with Crippen LogP contribution in [0.4, 0.5) is 22.0 Å². The second kappa shape index (κ2) is 12.8. The highest BCUT2D eigenvalue weighted by Gasteiger charge is 2.58. The molecule has 2 aliphatic heterocycles. The van der Waals surface area contributed by atoms with E-state index in [0.717, 1.165) is 50.2 Å². The summed E-state index contributed by atoms with van der Waals surface area (Å²) in [5, 5.41) is 2.95. The Kier molecular flexibility index (Phi) is 9.43. The highest BCUT2D eigenvalue weighted by atomic mass is 19.4. The third-order valence-electron chi connectivity index (χ3n) is 8.25. The molecule has 0 spiro atoms. The normalized spacial score (nSPS) is 27.3. The number of likely N-dealkylation sites (tertiary alicyclic amines) is 1. The molecule has 1 amide bonds. The van der Waals surface area contributed by atoms with Crippen LogP contribution in [0.5, 0.6) is 0 Å². The smallest absolute Gasteiger partial charge is 0.370 e. The highest BCUT2D eigenvalue weighted by Crippen LogP contribution is 2.44. The van der Waals surface area contributed by atoms with Crippen LogP contribution in [0.15, 0.2) is 42.5 Å². The number of rotatable bonds is 10. The number of hydrogen-bond donors (Lipinski definition) is 1. The minimum absolute atomic E-state index is 0.0452. The van der Waals surface area contributed by atoms with E-state index < -0.39 is 65.6 Å². The predicted molar refractivity (Wildman–Crippen MR) is 146 cm³/mol. The van der Waals surface area contributed by atoms with Crippen molar-refractivity contribution in [3.63, 3.8) is 0 Å². The summed E-state index contributed by atoms with van der Waals surface area (Å²) in [7, 11) is 0. The molecule has 1 saturated carbocycles. The molecule has 12 heteroatoms. The van der Waals surface area contributed by atoms with Crippen LogP contribution in [-0.2, 0) is 43.1 Å². The molecule has 0 radical (unpaired) electrons. The Balaban J connectivity index is 1.40. The fourth-order valence-electron chi connectivity index (χ4n) is 6.12. The summed E-state index contributed by atoms with van der Waals surface area (Å²) in [5.41, 5.74) is -2.45. The number of carbonyl (C=O) groups is 1. The molecule has 0 bridgehead atoms. The fraction of sp³-hybridized carbons (Fsp3) is 0.581. The average molecular weight is 613 g/mol. The first-order chi connectivity index (χ1) is 20.4. The van der Waals surface area contributed by atoms with Gasteiger partial charge in [-0.25, -0.2) is 8.78 Å². The van der Waals surface area contributed by atoms with Gasteiger partial charge in [0.1, 0.15) is 17.7 Å². The largest absolute Gasteiger partial charge is 0.416 e. The van der Waals surface area contributed by atoms with Crippen LogP contribution >= 0.6 is 0 Å². The van der Waals surface area contributed by atoms with Gasteiger partial charge in [-0.05, 0) is 69.6 Å². The lowest BCUT2D eigenvalue weighted by Gasteiger charge is -2.43. The minimum Gasteiger partial charge on any atom is -0.370 e. The van der Waals surface area contributed by atoms with Gasteiger partial charge in [-0.15, -0.1) is 0 Å². The van der Waals surface area contributed by atoms with Gasteiger partial charge in [-0.1, -0.05) is 18.2 Å². The number of carbonyl (C=O) groups excluding carboxylic acids is 1. The van der Waals surface area contributed by atoms with Gasteiger partial charge in [0.05, 0.1) is 31.0 Å². The maximum atomic E-state index is 14.4. The van der Waals surface area contributed by atoms with Gasteiger partial charge in [0.15, 0.2) is 11.4 Å². The lowest BCUT2D eigenvalue weighted by Crippen LogP contribution is -2.60.